The Morgan fingerprint density at radius 2 is 1.86 bits per heavy atom. The maximum Gasteiger partial charge on any atom is 0.416 e. The maximum atomic E-state index is 13.9. The van der Waals surface area contributed by atoms with Crippen molar-refractivity contribution in [3.63, 3.8) is 0 Å². The molecule has 51 heavy (non-hydrogen) atoms. The van der Waals surface area contributed by atoms with Crippen molar-refractivity contribution in [1.82, 2.24) is 24.3 Å². The Kier molecular flexibility index (Phi) is 10.3. The first kappa shape index (κ1) is 36.5. The highest BCUT2D eigenvalue weighted by molar-refractivity contribution is 8.22. The molecule has 3 atom stereocenters. The maximum absolute atomic E-state index is 13.9. The number of hydrogen-bond donors (Lipinski definition) is 3. The van der Waals surface area contributed by atoms with Gasteiger partial charge in [-0.25, -0.2) is 4.68 Å². The van der Waals surface area contributed by atoms with E-state index in [4.69, 9.17) is 0 Å². The van der Waals surface area contributed by atoms with Crippen LogP contribution in [-0.4, -0.2) is 45.8 Å². The van der Waals surface area contributed by atoms with Gasteiger partial charge in [-0.3, -0.25) is 18.9 Å². The molecule has 6 rings (SSSR count). The van der Waals surface area contributed by atoms with Gasteiger partial charge in [-0.2, -0.15) is 17.5 Å². The van der Waals surface area contributed by atoms with E-state index in [-0.39, 0.29) is 29.8 Å². The lowest BCUT2D eigenvalue weighted by Gasteiger charge is -2.43. The van der Waals surface area contributed by atoms with Gasteiger partial charge in [-0.05, 0) is 96.8 Å². The molecule has 0 spiro atoms. The van der Waals surface area contributed by atoms with Crippen LogP contribution in [-0.2, 0) is 30.5 Å². The summed E-state index contributed by atoms with van der Waals surface area (Å²) in [4.78, 5) is 17.9. The molecule has 3 N–H and O–H groups in total. The molecule has 1 aliphatic heterocycles. The van der Waals surface area contributed by atoms with Crippen molar-refractivity contribution in [2.24, 2.45) is 11.8 Å². The number of nitrogens with one attached hydrogen (secondary N) is 1. The van der Waals surface area contributed by atoms with Crippen molar-refractivity contribution < 1.29 is 27.1 Å². The van der Waals surface area contributed by atoms with Crippen LogP contribution in [0.3, 0.4) is 0 Å². The van der Waals surface area contributed by atoms with Crippen LogP contribution in [0.15, 0.2) is 78.0 Å². The van der Waals surface area contributed by atoms with Crippen molar-refractivity contribution >= 4 is 33.4 Å². The summed E-state index contributed by atoms with van der Waals surface area (Å²) in [6, 6.07) is 16.7. The average Bonchev–Trinajstić information content (AvgIpc) is 3.49. The van der Waals surface area contributed by atoms with Crippen molar-refractivity contribution in [3.05, 3.63) is 112 Å². The van der Waals surface area contributed by atoms with E-state index in [1.54, 1.807) is 24.5 Å². The zero-order valence-electron chi connectivity index (χ0n) is 29.3. The summed E-state index contributed by atoms with van der Waals surface area (Å²) >= 11 is 0. The Balaban J connectivity index is 1.43. The highest BCUT2D eigenvalue weighted by Crippen LogP contribution is 2.57. The van der Waals surface area contributed by atoms with Crippen LogP contribution in [0.1, 0.15) is 72.1 Å². The molecule has 0 bridgehead atoms. The highest BCUT2D eigenvalue weighted by atomic mass is 32.3. The van der Waals surface area contributed by atoms with Gasteiger partial charge in [0.15, 0.2) is 0 Å². The first-order valence-corrected chi connectivity index (χ1v) is 18.6. The van der Waals surface area contributed by atoms with Gasteiger partial charge >= 0.3 is 6.18 Å². The van der Waals surface area contributed by atoms with E-state index in [9.17, 15) is 27.1 Å². The van der Waals surface area contributed by atoms with Gasteiger partial charge in [0, 0.05) is 37.7 Å². The molecular formula is C38H43F3N6O3S. The molecule has 0 radical (unpaired) electrons. The fourth-order valence-corrected chi connectivity index (χ4v) is 8.87. The van der Waals surface area contributed by atoms with Gasteiger partial charge in [0.25, 0.3) is 0 Å². The summed E-state index contributed by atoms with van der Waals surface area (Å²) < 4.78 is 68.2. The fourth-order valence-electron chi connectivity index (χ4n) is 7.07. The minimum atomic E-state index is -4.63. The minimum Gasteiger partial charge on any atom is -0.324 e. The van der Waals surface area contributed by atoms with Gasteiger partial charge in [-0.15, -0.1) is 15.9 Å². The summed E-state index contributed by atoms with van der Waals surface area (Å²) in [7, 11) is -3.80. The van der Waals surface area contributed by atoms with Crippen LogP contribution < -0.4 is 5.32 Å². The van der Waals surface area contributed by atoms with Crippen LogP contribution in [0.5, 0.6) is 0 Å². The van der Waals surface area contributed by atoms with E-state index < -0.39 is 34.4 Å². The zero-order chi connectivity index (χ0) is 36.7. The van der Waals surface area contributed by atoms with E-state index in [1.165, 1.54) is 10.4 Å². The standard InChI is InChI=1S/C38H43F3N6O3S/c1-6-26-17-27-12-13-30(38(39,40)41)19-34(27)51(49,50)46(21-26)22-29-18-28(11-10-23(29)3)35(25(5)37(48)43-31-9-8-16-42-20-31)32-14-15-33-36(24(32)4)44-45-47(33)7-2/h8-16,18-20,25-26,35,49-50H,6-7,17,21-22H2,1-5H3,(H,43,48)/t25-,26?,35+/m1/s1. The predicted octanol–water partition coefficient (Wildman–Crippen LogP) is 9.00. The van der Waals surface area contributed by atoms with Gasteiger partial charge in [0.2, 0.25) is 5.91 Å². The Morgan fingerprint density at radius 1 is 1.08 bits per heavy atom. The summed E-state index contributed by atoms with van der Waals surface area (Å²) in [6.45, 7) is 10.8. The van der Waals surface area contributed by atoms with Crippen molar-refractivity contribution in [3.8, 4) is 0 Å². The molecule has 0 aliphatic carbocycles. The SMILES string of the molecule is CCC1Cc2ccc(C(F)(F)F)cc2S(O)(O)N(Cc2cc([C@@H](c3ccc4c(nnn4CC)c3C)[C@@H](C)C(=O)Nc3cccnc3)ccc2C)C1. The lowest BCUT2D eigenvalue weighted by Crippen LogP contribution is -2.31. The summed E-state index contributed by atoms with van der Waals surface area (Å²) in [6.07, 6.45) is -0.263. The van der Waals surface area contributed by atoms with Gasteiger partial charge in [-0.1, -0.05) is 55.8 Å². The zero-order valence-corrected chi connectivity index (χ0v) is 30.1. The summed E-state index contributed by atoms with van der Waals surface area (Å²) in [5, 5.41) is 11.8. The number of carbonyl (C=O) groups excluding carboxylic acids is 1. The highest BCUT2D eigenvalue weighted by Gasteiger charge is 2.38. The number of carbonyl (C=O) groups is 1. The summed E-state index contributed by atoms with van der Waals surface area (Å²) in [5.74, 6) is -1.24. The third-order valence-electron chi connectivity index (χ3n) is 10.1. The van der Waals surface area contributed by atoms with Gasteiger partial charge < -0.3 is 5.32 Å². The lowest BCUT2D eigenvalue weighted by atomic mass is 9.78. The first-order valence-electron chi connectivity index (χ1n) is 17.1. The van der Waals surface area contributed by atoms with Crippen LogP contribution in [0.2, 0.25) is 0 Å². The number of anilines is 1. The third kappa shape index (κ3) is 7.25. The number of halogens is 3. The molecule has 1 aliphatic rings. The molecule has 1 amide bonds. The molecule has 3 aromatic carbocycles. The van der Waals surface area contributed by atoms with E-state index in [0.717, 1.165) is 51.0 Å². The normalized spacial score (nSPS) is 18.1. The third-order valence-corrected chi connectivity index (χ3v) is 12.1. The Hall–Kier alpha value is -4.30. The second kappa shape index (κ2) is 14.4. The van der Waals surface area contributed by atoms with E-state index in [2.05, 4.69) is 20.6 Å². The molecule has 5 aromatic rings. The Bertz CT molecular complexity index is 2050. The first-order chi connectivity index (χ1) is 24.2. The van der Waals surface area contributed by atoms with Crippen molar-refractivity contribution in [2.45, 2.75) is 77.5 Å². The number of fused-ring (bicyclic) bond motifs is 2. The molecule has 0 saturated heterocycles. The number of alkyl halides is 3. The fraction of sp³-hybridized carbons (Fsp3) is 0.368. The van der Waals surface area contributed by atoms with E-state index >= 15 is 0 Å². The van der Waals surface area contributed by atoms with Crippen LogP contribution in [0.25, 0.3) is 11.0 Å². The number of aryl methyl sites for hydroxylation is 3. The quantitative estimate of drug-likeness (QED) is 0.139. The smallest absolute Gasteiger partial charge is 0.324 e. The van der Waals surface area contributed by atoms with Crippen molar-refractivity contribution in [1.29, 1.82) is 0 Å². The topological polar surface area (TPSA) is 116 Å². The Morgan fingerprint density at radius 3 is 2.55 bits per heavy atom. The number of rotatable bonds is 9. The van der Waals surface area contributed by atoms with E-state index in [0.29, 0.717) is 30.6 Å². The predicted molar refractivity (Wildman–Crippen MR) is 193 cm³/mol. The summed E-state index contributed by atoms with van der Waals surface area (Å²) in [5.41, 5.74) is 6.07. The lowest BCUT2D eigenvalue weighted by molar-refractivity contribution is -0.137. The Labute approximate surface area is 297 Å². The monoisotopic (exact) mass is 720 g/mol. The second-order valence-corrected chi connectivity index (χ2v) is 15.4. The second-order valence-electron chi connectivity index (χ2n) is 13.4. The minimum absolute atomic E-state index is 0.00694. The number of amides is 1. The van der Waals surface area contributed by atoms with Gasteiger partial charge in [0.05, 0.1) is 27.9 Å². The number of benzene rings is 3. The molecule has 9 nitrogen and oxygen atoms in total. The largest absolute Gasteiger partial charge is 0.416 e. The number of pyridine rings is 1. The van der Waals surface area contributed by atoms with Gasteiger partial charge in [0.1, 0.15) is 5.52 Å². The molecule has 0 saturated carbocycles. The molecule has 2 aromatic heterocycles. The number of hydrogen-bond acceptors (Lipinski definition) is 7. The van der Waals surface area contributed by atoms with Crippen LogP contribution in [0, 0.1) is 25.7 Å². The van der Waals surface area contributed by atoms with Crippen LogP contribution in [0.4, 0.5) is 18.9 Å². The van der Waals surface area contributed by atoms with E-state index in [1.807, 2.05) is 69.6 Å². The average molecular weight is 721 g/mol. The number of nitrogens with zero attached hydrogens (tertiary/aromatic N) is 5. The molecular weight excluding hydrogens is 678 g/mol. The number of aromatic nitrogens is 4. The van der Waals surface area contributed by atoms with Crippen LogP contribution >= 0.6 is 10.8 Å². The molecule has 1 unspecified atom stereocenters. The van der Waals surface area contributed by atoms with Crippen molar-refractivity contribution in [2.75, 3.05) is 11.9 Å². The molecule has 3 heterocycles. The molecule has 13 heteroatoms. The molecule has 270 valence electrons. The molecule has 0 fully saturated rings.